The Bertz CT molecular complexity index is 131. The molecule has 3 heteroatoms. The third-order valence-corrected chi connectivity index (χ3v) is 1.03. The van der Waals surface area contributed by atoms with E-state index in [-0.39, 0.29) is 5.97 Å². The molecule has 0 saturated carbocycles. The maximum absolute atomic E-state index is 10.4. The summed E-state index contributed by atoms with van der Waals surface area (Å²) in [6.07, 6.45) is 1.85. The Labute approximate surface area is 67.0 Å². The first kappa shape index (κ1) is 10.2. The summed E-state index contributed by atoms with van der Waals surface area (Å²) in [5, 5.41) is 0. The van der Waals surface area contributed by atoms with Gasteiger partial charge in [0, 0.05) is 13.3 Å². The van der Waals surface area contributed by atoms with Crippen molar-refractivity contribution in [2.75, 3.05) is 6.61 Å². The first-order valence-corrected chi connectivity index (χ1v) is 3.60. The summed E-state index contributed by atoms with van der Waals surface area (Å²) >= 11 is 0. The minimum atomic E-state index is -0.425. The molecule has 0 rings (SSSR count). The van der Waals surface area contributed by atoms with E-state index in [0.29, 0.717) is 13.0 Å². The van der Waals surface area contributed by atoms with Gasteiger partial charge in [-0.1, -0.05) is 13.0 Å². The third kappa shape index (κ3) is 5.61. The van der Waals surface area contributed by atoms with Gasteiger partial charge in [-0.05, 0) is 0 Å². The fourth-order valence-corrected chi connectivity index (χ4v) is 0.596. The van der Waals surface area contributed by atoms with Crippen molar-refractivity contribution >= 4 is 5.97 Å². The van der Waals surface area contributed by atoms with Gasteiger partial charge in [-0.3, -0.25) is 4.79 Å². The number of ether oxygens (including phenoxy) is 2. The molecule has 1 atom stereocenters. The molecule has 64 valence electrons. The zero-order chi connectivity index (χ0) is 8.69. The molecule has 0 bridgehead atoms. The standard InChI is InChI=1S/C8H14O3/c1-4-6-10-8(5-2)11-7(3)9/h4,8H,1,5-6H2,2-3H3. The van der Waals surface area contributed by atoms with Crippen molar-refractivity contribution in [1.29, 1.82) is 0 Å². The number of hydrogen-bond donors (Lipinski definition) is 0. The number of esters is 1. The SMILES string of the molecule is C=CCOC(CC)OC(C)=O. The van der Waals surface area contributed by atoms with Crippen LogP contribution in [0.15, 0.2) is 12.7 Å². The minimum absolute atomic E-state index is 0.319. The lowest BCUT2D eigenvalue weighted by Gasteiger charge is -2.13. The fourth-order valence-electron chi connectivity index (χ4n) is 0.596. The molecule has 0 aromatic carbocycles. The van der Waals surface area contributed by atoms with E-state index in [2.05, 4.69) is 6.58 Å². The van der Waals surface area contributed by atoms with Crippen LogP contribution in [-0.2, 0) is 14.3 Å². The van der Waals surface area contributed by atoms with Gasteiger partial charge in [-0.2, -0.15) is 0 Å². The van der Waals surface area contributed by atoms with E-state index >= 15 is 0 Å². The molecule has 11 heavy (non-hydrogen) atoms. The fraction of sp³-hybridized carbons (Fsp3) is 0.625. The average Bonchev–Trinajstić information content (AvgIpc) is 1.97. The normalized spacial score (nSPS) is 12.2. The predicted octanol–water partition coefficient (Wildman–Crippen LogP) is 1.49. The smallest absolute Gasteiger partial charge is 0.304 e. The van der Waals surface area contributed by atoms with Crippen LogP contribution in [0.4, 0.5) is 0 Å². The van der Waals surface area contributed by atoms with E-state index in [9.17, 15) is 4.79 Å². The maximum atomic E-state index is 10.4. The number of carbonyl (C=O) groups is 1. The predicted molar refractivity (Wildman–Crippen MR) is 42.0 cm³/mol. The first-order valence-electron chi connectivity index (χ1n) is 3.60. The lowest BCUT2D eigenvalue weighted by molar-refractivity contribution is -0.174. The summed E-state index contributed by atoms with van der Waals surface area (Å²) in [5.74, 6) is -0.319. The molecule has 0 aliphatic heterocycles. The summed E-state index contributed by atoms with van der Waals surface area (Å²) in [6, 6.07) is 0. The van der Waals surface area contributed by atoms with Crippen molar-refractivity contribution in [2.24, 2.45) is 0 Å². The van der Waals surface area contributed by atoms with Crippen LogP contribution in [0.3, 0.4) is 0 Å². The minimum Gasteiger partial charge on any atom is -0.436 e. The maximum Gasteiger partial charge on any atom is 0.304 e. The average molecular weight is 158 g/mol. The first-order chi connectivity index (χ1) is 5.20. The van der Waals surface area contributed by atoms with E-state index in [1.165, 1.54) is 6.92 Å². The molecule has 0 aliphatic rings. The van der Waals surface area contributed by atoms with E-state index in [1.807, 2.05) is 6.92 Å². The van der Waals surface area contributed by atoms with Gasteiger partial charge in [-0.15, -0.1) is 6.58 Å². The zero-order valence-electron chi connectivity index (χ0n) is 7.00. The molecule has 0 aliphatic carbocycles. The molecule has 3 nitrogen and oxygen atoms in total. The molecule has 0 N–H and O–H groups in total. The number of carbonyl (C=O) groups excluding carboxylic acids is 1. The van der Waals surface area contributed by atoms with Gasteiger partial charge in [0.15, 0.2) is 0 Å². The Hall–Kier alpha value is -0.830. The highest BCUT2D eigenvalue weighted by atomic mass is 16.7. The zero-order valence-corrected chi connectivity index (χ0v) is 7.00. The lowest BCUT2D eigenvalue weighted by Crippen LogP contribution is -2.18. The van der Waals surface area contributed by atoms with Crippen molar-refractivity contribution < 1.29 is 14.3 Å². The van der Waals surface area contributed by atoms with E-state index in [0.717, 1.165) is 0 Å². The van der Waals surface area contributed by atoms with Crippen LogP contribution in [0.2, 0.25) is 0 Å². The summed E-state index contributed by atoms with van der Waals surface area (Å²) in [5.41, 5.74) is 0. The molecule has 0 aromatic rings. The van der Waals surface area contributed by atoms with Crippen LogP contribution in [0, 0.1) is 0 Å². The van der Waals surface area contributed by atoms with Gasteiger partial charge in [0.2, 0.25) is 6.29 Å². The van der Waals surface area contributed by atoms with E-state index in [4.69, 9.17) is 9.47 Å². The Kier molecular flexibility index (Phi) is 5.47. The van der Waals surface area contributed by atoms with Gasteiger partial charge in [0.25, 0.3) is 0 Å². The van der Waals surface area contributed by atoms with Crippen molar-refractivity contribution in [3.05, 3.63) is 12.7 Å². The van der Waals surface area contributed by atoms with Crippen molar-refractivity contribution in [3.8, 4) is 0 Å². The Morgan fingerprint density at radius 2 is 2.36 bits per heavy atom. The molecule has 1 unspecified atom stereocenters. The molecule has 0 spiro atoms. The van der Waals surface area contributed by atoms with Crippen molar-refractivity contribution in [1.82, 2.24) is 0 Å². The van der Waals surface area contributed by atoms with Crippen molar-refractivity contribution in [2.45, 2.75) is 26.6 Å². The van der Waals surface area contributed by atoms with E-state index in [1.54, 1.807) is 6.08 Å². The Balaban J connectivity index is 3.57. The Morgan fingerprint density at radius 1 is 1.73 bits per heavy atom. The summed E-state index contributed by atoms with van der Waals surface area (Å²) in [7, 11) is 0. The largest absolute Gasteiger partial charge is 0.436 e. The second kappa shape index (κ2) is 5.92. The number of rotatable bonds is 5. The van der Waals surface area contributed by atoms with Crippen LogP contribution in [0.25, 0.3) is 0 Å². The van der Waals surface area contributed by atoms with Crippen LogP contribution in [0.1, 0.15) is 20.3 Å². The van der Waals surface area contributed by atoms with Crippen LogP contribution < -0.4 is 0 Å². The molecule has 0 radical (unpaired) electrons. The molecular weight excluding hydrogens is 144 g/mol. The highest BCUT2D eigenvalue weighted by Gasteiger charge is 2.07. The van der Waals surface area contributed by atoms with Gasteiger partial charge >= 0.3 is 5.97 Å². The van der Waals surface area contributed by atoms with Gasteiger partial charge in [0.05, 0.1) is 6.61 Å². The summed E-state index contributed by atoms with van der Waals surface area (Å²) in [6.45, 7) is 7.14. The topological polar surface area (TPSA) is 35.5 Å². The van der Waals surface area contributed by atoms with Crippen molar-refractivity contribution in [3.63, 3.8) is 0 Å². The van der Waals surface area contributed by atoms with Gasteiger partial charge in [0.1, 0.15) is 0 Å². The molecular formula is C8H14O3. The van der Waals surface area contributed by atoms with Gasteiger partial charge < -0.3 is 9.47 Å². The number of hydrogen-bond acceptors (Lipinski definition) is 3. The van der Waals surface area contributed by atoms with Crippen LogP contribution >= 0.6 is 0 Å². The van der Waals surface area contributed by atoms with E-state index < -0.39 is 6.29 Å². The Morgan fingerprint density at radius 3 is 2.73 bits per heavy atom. The van der Waals surface area contributed by atoms with Gasteiger partial charge in [-0.25, -0.2) is 0 Å². The summed E-state index contributed by atoms with van der Waals surface area (Å²) in [4.78, 5) is 10.4. The lowest BCUT2D eigenvalue weighted by atomic mass is 10.5. The summed E-state index contributed by atoms with van der Waals surface area (Å²) < 4.78 is 9.88. The monoisotopic (exact) mass is 158 g/mol. The second-order valence-electron chi connectivity index (χ2n) is 2.07. The molecule has 0 saturated heterocycles. The molecule has 0 aromatic heterocycles. The second-order valence-corrected chi connectivity index (χ2v) is 2.07. The highest BCUT2D eigenvalue weighted by molar-refractivity contribution is 5.66. The molecule has 0 amide bonds. The quantitative estimate of drug-likeness (QED) is 0.345. The van der Waals surface area contributed by atoms with Crippen LogP contribution in [-0.4, -0.2) is 18.9 Å². The molecule has 0 fully saturated rings. The van der Waals surface area contributed by atoms with Crippen LogP contribution in [0.5, 0.6) is 0 Å². The molecule has 0 heterocycles. The third-order valence-electron chi connectivity index (χ3n) is 1.03. The highest BCUT2D eigenvalue weighted by Crippen LogP contribution is 2.00.